The van der Waals surface area contributed by atoms with Crippen LogP contribution in [0.5, 0.6) is 0 Å². The monoisotopic (exact) mass is 899 g/mol. The van der Waals surface area contributed by atoms with Crippen molar-refractivity contribution in [2.24, 2.45) is 5.92 Å². The summed E-state index contributed by atoms with van der Waals surface area (Å²) < 4.78 is 81.5. The Balaban J connectivity index is 1.02. The molecule has 10 atom stereocenters. The smallest absolute Gasteiger partial charge is 0.367 e. The molecule has 4 saturated heterocycles. The number of carbonyl (C=O) groups excluding carboxylic acids is 2. The van der Waals surface area contributed by atoms with Gasteiger partial charge in [0.15, 0.2) is 46.8 Å². The van der Waals surface area contributed by atoms with Crippen LogP contribution in [-0.4, -0.2) is 125 Å². The summed E-state index contributed by atoms with van der Waals surface area (Å²) in [5, 5.41) is 5.24. The number of imidazole rings is 2. The minimum Gasteiger partial charge on any atom is -0.367 e. The molecule has 0 spiro atoms. The molecule has 62 heavy (non-hydrogen) atoms. The van der Waals surface area contributed by atoms with Crippen LogP contribution in [0, 0.1) is 12.5 Å². The molecule has 326 valence electrons. The average Bonchev–Trinajstić information content (AvgIpc) is 4.08. The molecule has 9 rings (SSSR count). The highest BCUT2D eigenvalue weighted by atomic mass is 31.2. The molecule has 4 N–H and O–H groups in total. The van der Waals surface area contributed by atoms with Crippen molar-refractivity contribution in [1.29, 1.82) is 0 Å². The lowest BCUT2D eigenvalue weighted by Crippen LogP contribution is -2.45. The van der Waals surface area contributed by atoms with Gasteiger partial charge in [-0.15, -0.1) is 0 Å². The minimum atomic E-state index is -4.77. The number of nitrogens with zero attached hydrogens (tertiary/aromatic N) is 8. The van der Waals surface area contributed by atoms with E-state index in [0.717, 1.165) is 6.33 Å². The van der Waals surface area contributed by atoms with Gasteiger partial charge in [0.2, 0.25) is 18.4 Å². The summed E-state index contributed by atoms with van der Waals surface area (Å²) in [6.45, 7) is 8.29. The summed E-state index contributed by atoms with van der Waals surface area (Å²) in [6.07, 6.45) is -6.62. The molecule has 2 unspecified atom stereocenters. The maximum atomic E-state index is 16.5. The van der Waals surface area contributed by atoms with E-state index in [0.29, 0.717) is 5.56 Å². The molecule has 27 heteroatoms. The molecule has 0 saturated carbocycles. The number of fused-ring (bicyclic) bond motifs is 4. The Hall–Kier alpha value is -5.22. The van der Waals surface area contributed by atoms with E-state index in [1.165, 1.54) is 21.8 Å². The van der Waals surface area contributed by atoms with E-state index in [-0.39, 0.29) is 47.2 Å². The fourth-order valence-electron chi connectivity index (χ4n) is 7.27. The number of amides is 2. The summed E-state index contributed by atoms with van der Waals surface area (Å²) in [7, 11) is -7.73. The number of aromatic amines is 1. The molecule has 4 bridgehead atoms. The molecule has 2 amide bonds. The highest BCUT2D eigenvalue weighted by molar-refractivity contribution is 7.48. The molecule has 5 aromatic rings. The van der Waals surface area contributed by atoms with Gasteiger partial charge < -0.3 is 38.3 Å². The third-order valence-corrected chi connectivity index (χ3v) is 12.6. The van der Waals surface area contributed by atoms with Crippen LogP contribution in [-0.2, 0) is 46.2 Å². The summed E-state index contributed by atoms with van der Waals surface area (Å²) >= 11 is 0. The first-order valence-corrected chi connectivity index (χ1v) is 21.6. The van der Waals surface area contributed by atoms with Crippen LogP contribution >= 0.6 is 16.4 Å². The second-order valence-electron chi connectivity index (χ2n) is 14.7. The first-order chi connectivity index (χ1) is 29.9. The number of ether oxygens (including phenoxy) is 3. The van der Waals surface area contributed by atoms with E-state index in [1.807, 2.05) is 0 Å². The van der Waals surface area contributed by atoms with Crippen molar-refractivity contribution in [3.8, 4) is 0 Å². The number of H-pyrrole nitrogens is 1. The predicted octanol–water partition coefficient (Wildman–Crippen LogP) is 2.79. The van der Waals surface area contributed by atoms with E-state index < -0.39 is 108 Å². The quantitative estimate of drug-likeness (QED) is 0.0940. The van der Waals surface area contributed by atoms with Gasteiger partial charge in [-0.3, -0.25) is 47.4 Å². The summed E-state index contributed by atoms with van der Waals surface area (Å²) in [6, 6.07) is 8.47. The van der Waals surface area contributed by atoms with Crippen molar-refractivity contribution in [3.63, 3.8) is 0 Å². The van der Waals surface area contributed by atoms with Gasteiger partial charge in [-0.05, 0) is 12.1 Å². The standard InChI is InChI=1S/C35H36FN11O13P2/c1-17(2)29(48)44-34-43-28-22(31(50)45-34)41-16-47(28)32-23-20(36)19(57-32)11-56-62(52,55-10-9-37-3)60-25-24-33(58-35(25,12-53-24)13-54-61(51)59-23)46-15-40-21-26(38-14-39-27(21)46)42-30(49)18-7-5-4-6-8-18/h4-8,14-17,19-20,23-25,32-33,51H,9-13H2,1-2H3,(H,38,39,42,49)(H2,43,44,45,48,50)/t19-,20-,23-,24-,25+,32-,33-,35-,61?,62?/m1/s1. The number of aromatic nitrogens is 8. The third-order valence-electron chi connectivity index (χ3n) is 10.3. The third kappa shape index (κ3) is 7.77. The molecule has 4 aliphatic heterocycles. The molecule has 0 aliphatic carbocycles. The number of halogens is 1. The SMILES string of the molecule is [C-]#[N+]CCOP1(=O)OC[C@H]2O[C@@H](n3cnc4c(=O)[nH]c(NC(=O)C(C)C)nc43)[C@H](OP(O)OC[C@@]34CO[C@@H]([C@H](n5cnc6c(NC(=O)c7ccccc7)ncnc65)O3)[C@@H]4O1)[C@@H]2F. The van der Waals surface area contributed by atoms with Gasteiger partial charge in [0, 0.05) is 11.5 Å². The van der Waals surface area contributed by atoms with E-state index >= 15 is 4.39 Å². The number of phosphoric ester groups is 1. The maximum absolute atomic E-state index is 16.5. The lowest BCUT2D eigenvalue weighted by molar-refractivity contribution is -0.183. The Labute approximate surface area is 349 Å². The number of carbonyl (C=O) groups is 2. The van der Waals surface area contributed by atoms with Gasteiger partial charge in [0.05, 0.1) is 32.5 Å². The lowest BCUT2D eigenvalue weighted by Gasteiger charge is -2.32. The summed E-state index contributed by atoms with van der Waals surface area (Å²) in [5.74, 6) is -1.46. The zero-order chi connectivity index (χ0) is 43.3. The van der Waals surface area contributed by atoms with Crippen LogP contribution < -0.4 is 16.2 Å². The molecule has 24 nitrogen and oxygen atoms in total. The summed E-state index contributed by atoms with van der Waals surface area (Å²) in [5.41, 5.74) is -1.91. The van der Waals surface area contributed by atoms with E-state index in [2.05, 4.69) is 45.4 Å². The zero-order valence-electron chi connectivity index (χ0n) is 32.5. The van der Waals surface area contributed by atoms with Gasteiger partial charge in [0.1, 0.15) is 43.0 Å². The van der Waals surface area contributed by atoms with Gasteiger partial charge in [-0.1, -0.05) is 32.0 Å². The van der Waals surface area contributed by atoms with Crippen molar-refractivity contribution >= 4 is 62.3 Å². The largest absolute Gasteiger partial charge is 0.475 e. The number of nitrogens with one attached hydrogen (secondary N) is 3. The Morgan fingerprint density at radius 1 is 1.10 bits per heavy atom. The number of rotatable bonds is 9. The highest BCUT2D eigenvalue weighted by Gasteiger charge is 2.66. The molecule has 4 aliphatic rings. The Bertz CT molecular complexity index is 2670. The fourth-order valence-corrected chi connectivity index (χ4v) is 9.51. The number of benzene rings is 1. The van der Waals surface area contributed by atoms with Crippen LogP contribution in [0.15, 0.2) is 54.1 Å². The zero-order valence-corrected chi connectivity index (χ0v) is 34.3. The number of anilines is 2. The van der Waals surface area contributed by atoms with E-state index in [9.17, 15) is 23.8 Å². The number of hydrogen-bond acceptors (Lipinski definition) is 18. The highest BCUT2D eigenvalue weighted by Crippen LogP contribution is 2.59. The first-order valence-electron chi connectivity index (χ1n) is 19.0. The summed E-state index contributed by atoms with van der Waals surface area (Å²) in [4.78, 5) is 76.7. The van der Waals surface area contributed by atoms with Crippen LogP contribution in [0.25, 0.3) is 27.2 Å². The van der Waals surface area contributed by atoms with Crippen LogP contribution in [0.2, 0.25) is 0 Å². The molecular weight excluding hydrogens is 863 g/mol. The van der Waals surface area contributed by atoms with Crippen LogP contribution in [0.3, 0.4) is 0 Å². The van der Waals surface area contributed by atoms with Gasteiger partial charge >= 0.3 is 16.4 Å². The predicted molar refractivity (Wildman–Crippen MR) is 209 cm³/mol. The normalized spacial score (nSPS) is 31.0. The van der Waals surface area contributed by atoms with Crippen molar-refractivity contribution in [2.75, 3.05) is 43.6 Å². The van der Waals surface area contributed by atoms with Crippen molar-refractivity contribution in [1.82, 2.24) is 39.0 Å². The van der Waals surface area contributed by atoms with Crippen molar-refractivity contribution in [3.05, 3.63) is 76.6 Å². The maximum Gasteiger partial charge on any atom is 0.475 e. The minimum absolute atomic E-state index is 0.104. The molecule has 0 radical (unpaired) electrons. The van der Waals surface area contributed by atoms with Crippen LogP contribution in [0.1, 0.15) is 36.7 Å². The van der Waals surface area contributed by atoms with Gasteiger partial charge in [0.25, 0.3) is 11.5 Å². The van der Waals surface area contributed by atoms with Crippen molar-refractivity contribution < 1.29 is 60.3 Å². The Morgan fingerprint density at radius 3 is 2.65 bits per heavy atom. The first kappa shape index (κ1) is 42.1. The van der Waals surface area contributed by atoms with Gasteiger partial charge in [-0.2, -0.15) is 4.98 Å². The molecular formula is C35H36FN11O13P2. The molecule has 4 aromatic heterocycles. The van der Waals surface area contributed by atoms with Crippen molar-refractivity contribution in [2.45, 2.75) is 62.5 Å². The number of hydrogen-bond donors (Lipinski definition) is 4. The van der Waals surface area contributed by atoms with Gasteiger partial charge in [-0.25, -0.2) is 35.5 Å². The second kappa shape index (κ2) is 16.8. The molecule has 8 heterocycles. The Morgan fingerprint density at radius 2 is 1.87 bits per heavy atom. The molecule has 4 fully saturated rings. The van der Waals surface area contributed by atoms with E-state index in [4.69, 9.17) is 43.4 Å². The topological polar surface area (TPSA) is 281 Å². The second-order valence-corrected chi connectivity index (χ2v) is 17.2. The number of phosphoric acid groups is 1. The average molecular weight is 900 g/mol. The van der Waals surface area contributed by atoms with E-state index in [1.54, 1.807) is 44.2 Å². The lowest BCUT2D eigenvalue weighted by atomic mass is 10.0. The number of alkyl halides is 1. The Kier molecular flexibility index (Phi) is 11.4. The fraction of sp³-hybridized carbons (Fsp3) is 0.457. The molecule has 1 aromatic carbocycles. The van der Waals surface area contributed by atoms with Crippen LogP contribution in [0.4, 0.5) is 16.2 Å².